The van der Waals surface area contributed by atoms with Crippen molar-refractivity contribution in [2.24, 2.45) is 0 Å². The van der Waals surface area contributed by atoms with Crippen LogP contribution in [0, 0.1) is 13.0 Å². The molecule has 0 amide bonds. The van der Waals surface area contributed by atoms with Crippen molar-refractivity contribution >= 4 is 0 Å². The molecule has 0 saturated heterocycles. The quantitative estimate of drug-likeness (QED) is 0.434. The number of benzene rings is 1. The van der Waals surface area contributed by atoms with Crippen LogP contribution in [0.4, 0.5) is 0 Å². The average Bonchev–Trinajstić information content (AvgIpc) is 1.69. The minimum Gasteiger partial charge on any atom is -0.184 e. The fraction of sp³-hybridized carbons (Fsp3) is 0.143. The molecule has 0 aliphatic rings. The van der Waals surface area contributed by atoms with Crippen molar-refractivity contribution in [3.05, 3.63) is 35.9 Å². The third-order valence-corrected chi connectivity index (χ3v) is 0.885. The maximum atomic E-state index is 2.93. The summed E-state index contributed by atoms with van der Waals surface area (Å²) in [5.74, 6) is 0. The van der Waals surface area contributed by atoms with Gasteiger partial charge in [-0.15, -0.1) is 0 Å². The average molecular weight is 192 g/mol. The molecule has 0 aliphatic heterocycles. The van der Waals surface area contributed by atoms with Crippen molar-refractivity contribution in [2.75, 3.05) is 0 Å². The van der Waals surface area contributed by atoms with Gasteiger partial charge in [0.1, 0.15) is 0 Å². The Morgan fingerprint density at radius 3 is 2.00 bits per heavy atom. The molecule has 0 saturated carbocycles. The Hall–Kier alpha value is -0.157. The van der Waals surface area contributed by atoms with Crippen LogP contribution in [-0.4, -0.2) is 0 Å². The normalized spacial score (nSPS) is 7.62. The second kappa shape index (κ2) is 3.80. The Labute approximate surface area is 62.7 Å². The molecule has 1 aromatic rings. The Bertz CT molecular complexity index is 134. The molecule has 8 heavy (non-hydrogen) atoms. The largest absolute Gasteiger partial charge is 1.00 e. The molecule has 0 aromatic heterocycles. The summed E-state index contributed by atoms with van der Waals surface area (Å²) < 4.78 is 0. The van der Waals surface area contributed by atoms with E-state index < -0.39 is 0 Å². The molecular weight excluding hydrogens is 185 g/mol. The van der Waals surface area contributed by atoms with Gasteiger partial charge in [-0.05, 0) is 0 Å². The minimum absolute atomic E-state index is 0. The van der Waals surface area contributed by atoms with Crippen LogP contribution in [0.3, 0.4) is 0 Å². The molecule has 0 bridgehead atoms. The molecule has 0 aliphatic carbocycles. The van der Waals surface area contributed by atoms with E-state index in [-0.39, 0.29) is 19.5 Å². The van der Waals surface area contributed by atoms with E-state index in [9.17, 15) is 0 Å². The molecule has 0 fully saturated rings. The van der Waals surface area contributed by atoms with Gasteiger partial charge in [0.25, 0.3) is 0 Å². The van der Waals surface area contributed by atoms with Crippen molar-refractivity contribution in [3.8, 4) is 0 Å². The fourth-order valence-corrected chi connectivity index (χ4v) is 0.470. The molecule has 43 valence electrons. The first kappa shape index (κ1) is 7.84. The van der Waals surface area contributed by atoms with Gasteiger partial charge in [0, 0.05) is 0 Å². The maximum Gasteiger partial charge on any atom is 1.00 e. The van der Waals surface area contributed by atoms with Crippen LogP contribution in [-0.2, 0) is 19.5 Å². The van der Waals surface area contributed by atoms with Crippen molar-refractivity contribution < 1.29 is 19.5 Å². The SMILES string of the molecule is Cc1cc[c-]cc1.[Ru+]. The first-order valence-corrected chi connectivity index (χ1v) is 2.32. The van der Waals surface area contributed by atoms with Gasteiger partial charge >= 0.3 is 19.5 Å². The van der Waals surface area contributed by atoms with Crippen molar-refractivity contribution in [1.82, 2.24) is 0 Å². The summed E-state index contributed by atoms with van der Waals surface area (Å²) in [5, 5.41) is 0. The van der Waals surface area contributed by atoms with Crippen LogP contribution in [0.15, 0.2) is 24.3 Å². The monoisotopic (exact) mass is 193 g/mol. The van der Waals surface area contributed by atoms with Crippen LogP contribution in [0.5, 0.6) is 0 Å². The molecule has 1 radical (unpaired) electrons. The van der Waals surface area contributed by atoms with Crippen LogP contribution in [0.1, 0.15) is 5.56 Å². The molecule has 1 rings (SSSR count). The summed E-state index contributed by atoms with van der Waals surface area (Å²) in [5.41, 5.74) is 1.29. The van der Waals surface area contributed by atoms with E-state index in [1.807, 2.05) is 24.3 Å². The summed E-state index contributed by atoms with van der Waals surface area (Å²) in [4.78, 5) is 0. The van der Waals surface area contributed by atoms with Gasteiger partial charge < -0.3 is 0 Å². The third-order valence-electron chi connectivity index (χ3n) is 0.885. The van der Waals surface area contributed by atoms with Crippen LogP contribution < -0.4 is 0 Å². The number of hydrogen-bond donors (Lipinski definition) is 0. The number of hydrogen-bond acceptors (Lipinski definition) is 0. The zero-order valence-corrected chi connectivity index (χ0v) is 6.40. The predicted octanol–water partition coefficient (Wildman–Crippen LogP) is 1.79. The van der Waals surface area contributed by atoms with Gasteiger partial charge in [-0.3, -0.25) is 0 Å². The number of aryl methyl sites for hydroxylation is 1. The molecule has 0 spiro atoms. The maximum absolute atomic E-state index is 2.93. The molecule has 0 nitrogen and oxygen atoms in total. The Kier molecular flexibility index (Phi) is 3.72. The summed E-state index contributed by atoms with van der Waals surface area (Å²) in [6, 6.07) is 10.8. The minimum atomic E-state index is 0. The summed E-state index contributed by atoms with van der Waals surface area (Å²) in [6.07, 6.45) is 0. The van der Waals surface area contributed by atoms with Gasteiger partial charge in [0.15, 0.2) is 0 Å². The molecule has 0 unspecified atom stereocenters. The van der Waals surface area contributed by atoms with Gasteiger partial charge in [0.2, 0.25) is 0 Å². The summed E-state index contributed by atoms with van der Waals surface area (Å²) in [7, 11) is 0. The number of rotatable bonds is 0. The fourth-order valence-electron chi connectivity index (χ4n) is 0.470. The zero-order chi connectivity index (χ0) is 5.11. The van der Waals surface area contributed by atoms with Crippen molar-refractivity contribution in [3.63, 3.8) is 0 Å². The van der Waals surface area contributed by atoms with Crippen LogP contribution in [0.2, 0.25) is 0 Å². The van der Waals surface area contributed by atoms with Gasteiger partial charge in [-0.2, -0.15) is 35.9 Å². The van der Waals surface area contributed by atoms with Crippen molar-refractivity contribution in [1.29, 1.82) is 0 Å². The molecular formula is C7H7Ru. The smallest absolute Gasteiger partial charge is 0.184 e. The summed E-state index contributed by atoms with van der Waals surface area (Å²) >= 11 is 0. The topological polar surface area (TPSA) is 0 Å². The van der Waals surface area contributed by atoms with Crippen LogP contribution in [0.25, 0.3) is 0 Å². The predicted molar refractivity (Wildman–Crippen MR) is 30.0 cm³/mol. The van der Waals surface area contributed by atoms with Crippen molar-refractivity contribution in [2.45, 2.75) is 6.92 Å². The van der Waals surface area contributed by atoms with Crippen LogP contribution >= 0.6 is 0 Å². The molecule has 0 atom stereocenters. The molecule has 1 aromatic carbocycles. The Morgan fingerprint density at radius 2 is 1.75 bits per heavy atom. The second-order valence-corrected chi connectivity index (χ2v) is 1.58. The van der Waals surface area contributed by atoms with E-state index in [1.54, 1.807) is 0 Å². The third kappa shape index (κ3) is 2.23. The van der Waals surface area contributed by atoms with E-state index in [0.717, 1.165) is 0 Å². The van der Waals surface area contributed by atoms with E-state index in [2.05, 4.69) is 13.0 Å². The van der Waals surface area contributed by atoms with Gasteiger partial charge in [0.05, 0.1) is 0 Å². The van der Waals surface area contributed by atoms with E-state index in [0.29, 0.717) is 0 Å². The van der Waals surface area contributed by atoms with Gasteiger partial charge in [-0.1, -0.05) is 6.92 Å². The Balaban J connectivity index is 0.000000490. The molecule has 1 heteroatoms. The standard InChI is InChI=1S/C7H7.Ru/c1-7-5-3-2-4-6-7;/h3-6H,1H3;/q-1;+1. The Morgan fingerprint density at radius 1 is 1.25 bits per heavy atom. The van der Waals surface area contributed by atoms with E-state index in [4.69, 9.17) is 0 Å². The first-order chi connectivity index (χ1) is 3.39. The zero-order valence-electron chi connectivity index (χ0n) is 4.66. The van der Waals surface area contributed by atoms with Gasteiger partial charge in [-0.25, -0.2) is 0 Å². The molecule has 0 heterocycles. The second-order valence-electron chi connectivity index (χ2n) is 1.58. The molecule has 0 N–H and O–H groups in total. The van der Waals surface area contributed by atoms with E-state index in [1.165, 1.54) is 5.56 Å². The van der Waals surface area contributed by atoms with E-state index >= 15 is 0 Å². The first-order valence-electron chi connectivity index (χ1n) is 2.32. The summed E-state index contributed by atoms with van der Waals surface area (Å²) in [6.45, 7) is 2.06.